The highest BCUT2D eigenvalue weighted by atomic mass is 16.4. The van der Waals surface area contributed by atoms with Crippen LogP contribution in [0.2, 0.25) is 0 Å². The van der Waals surface area contributed by atoms with Gasteiger partial charge in [-0.3, -0.25) is 9.48 Å². The molecule has 2 heterocycles. The zero-order valence-electron chi connectivity index (χ0n) is 12.3. The lowest BCUT2D eigenvalue weighted by Gasteiger charge is -2.06. The van der Waals surface area contributed by atoms with Crippen molar-refractivity contribution in [2.24, 2.45) is 0 Å². The summed E-state index contributed by atoms with van der Waals surface area (Å²) in [6, 6.07) is 7.26. The Kier molecular flexibility index (Phi) is 3.69. The van der Waals surface area contributed by atoms with E-state index in [2.05, 4.69) is 20.6 Å². The van der Waals surface area contributed by atoms with Gasteiger partial charge in [-0.15, -0.1) is 10.2 Å². The molecule has 112 valence electrons. The van der Waals surface area contributed by atoms with Crippen LogP contribution in [-0.4, -0.2) is 25.9 Å². The molecule has 1 amide bonds. The maximum Gasteiger partial charge on any atom is 0.247 e. The van der Waals surface area contributed by atoms with Crippen molar-refractivity contribution < 1.29 is 9.21 Å². The highest BCUT2D eigenvalue weighted by Crippen LogP contribution is 2.21. The number of amides is 1. The molecular formula is C15H15N5O2. The third kappa shape index (κ3) is 3.20. The van der Waals surface area contributed by atoms with E-state index in [1.807, 2.05) is 25.3 Å². The number of rotatable bonds is 4. The van der Waals surface area contributed by atoms with E-state index < -0.39 is 0 Å². The first-order valence-electron chi connectivity index (χ1n) is 6.79. The van der Waals surface area contributed by atoms with Gasteiger partial charge in [0.2, 0.25) is 17.7 Å². The molecule has 0 fully saturated rings. The number of aryl methyl sites for hydroxylation is 2. The molecule has 0 aliphatic heterocycles. The van der Waals surface area contributed by atoms with E-state index in [1.54, 1.807) is 29.9 Å². The first kappa shape index (κ1) is 14.0. The molecule has 0 saturated carbocycles. The third-order valence-corrected chi connectivity index (χ3v) is 2.99. The predicted octanol–water partition coefficient (Wildman–Crippen LogP) is 2.19. The minimum absolute atomic E-state index is 0.151. The molecule has 7 heteroatoms. The number of hydrogen-bond donors (Lipinski definition) is 1. The van der Waals surface area contributed by atoms with E-state index in [0.29, 0.717) is 17.5 Å². The Balaban J connectivity index is 1.71. The Morgan fingerprint density at radius 1 is 1.32 bits per heavy atom. The van der Waals surface area contributed by atoms with Gasteiger partial charge in [0.1, 0.15) is 6.54 Å². The number of carbonyl (C=O) groups is 1. The maximum absolute atomic E-state index is 12.0. The van der Waals surface area contributed by atoms with Crippen LogP contribution in [-0.2, 0) is 11.3 Å². The minimum Gasteiger partial charge on any atom is -0.421 e. The van der Waals surface area contributed by atoms with Crippen LogP contribution in [0.3, 0.4) is 0 Å². The topological polar surface area (TPSA) is 85.8 Å². The lowest BCUT2D eigenvalue weighted by Crippen LogP contribution is -2.18. The van der Waals surface area contributed by atoms with E-state index in [1.165, 1.54) is 0 Å². The Bertz CT molecular complexity index is 806. The summed E-state index contributed by atoms with van der Waals surface area (Å²) in [5.41, 5.74) is 2.44. The number of hydrogen-bond acceptors (Lipinski definition) is 5. The summed E-state index contributed by atoms with van der Waals surface area (Å²) in [7, 11) is 0. The lowest BCUT2D eigenvalue weighted by molar-refractivity contribution is -0.116. The van der Waals surface area contributed by atoms with Crippen molar-refractivity contribution in [3.63, 3.8) is 0 Å². The molecule has 0 spiro atoms. The molecule has 3 rings (SSSR count). The normalized spacial score (nSPS) is 10.6. The molecule has 1 N–H and O–H groups in total. The summed E-state index contributed by atoms with van der Waals surface area (Å²) in [4.78, 5) is 12.0. The second-order valence-corrected chi connectivity index (χ2v) is 4.97. The fourth-order valence-corrected chi connectivity index (χ4v) is 2.04. The highest BCUT2D eigenvalue weighted by Gasteiger charge is 2.09. The van der Waals surface area contributed by atoms with E-state index >= 15 is 0 Å². The zero-order chi connectivity index (χ0) is 15.5. The van der Waals surface area contributed by atoms with Gasteiger partial charge >= 0.3 is 0 Å². The molecular weight excluding hydrogens is 282 g/mol. The van der Waals surface area contributed by atoms with Gasteiger partial charge in [-0.25, -0.2) is 0 Å². The smallest absolute Gasteiger partial charge is 0.247 e. The molecule has 0 bridgehead atoms. The molecule has 0 aliphatic rings. The van der Waals surface area contributed by atoms with Crippen molar-refractivity contribution >= 4 is 11.6 Å². The summed E-state index contributed by atoms with van der Waals surface area (Å²) in [5, 5.41) is 14.7. The van der Waals surface area contributed by atoms with Crippen LogP contribution in [0.1, 0.15) is 11.5 Å². The lowest BCUT2D eigenvalue weighted by atomic mass is 10.2. The number of anilines is 1. The largest absolute Gasteiger partial charge is 0.421 e. The summed E-state index contributed by atoms with van der Waals surface area (Å²) < 4.78 is 6.97. The molecule has 0 unspecified atom stereocenters. The average molecular weight is 297 g/mol. The van der Waals surface area contributed by atoms with Crippen LogP contribution in [0.15, 0.2) is 41.1 Å². The predicted molar refractivity (Wildman–Crippen MR) is 80.1 cm³/mol. The van der Waals surface area contributed by atoms with Gasteiger partial charge in [-0.05, 0) is 30.7 Å². The minimum atomic E-state index is -0.151. The van der Waals surface area contributed by atoms with Gasteiger partial charge in [0, 0.05) is 24.4 Å². The van der Waals surface area contributed by atoms with E-state index in [9.17, 15) is 4.79 Å². The summed E-state index contributed by atoms with van der Waals surface area (Å²) in [5.74, 6) is 0.775. The fourth-order valence-electron chi connectivity index (χ4n) is 2.04. The maximum atomic E-state index is 12.0. The zero-order valence-corrected chi connectivity index (χ0v) is 12.3. The SMILES string of the molecule is Cc1cnn(CC(=O)Nc2cccc(-c3nnc(C)o3)c2)c1. The molecule has 0 atom stereocenters. The van der Waals surface area contributed by atoms with Crippen LogP contribution >= 0.6 is 0 Å². The van der Waals surface area contributed by atoms with Gasteiger partial charge in [0.05, 0.1) is 6.20 Å². The van der Waals surface area contributed by atoms with Crippen molar-refractivity contribution in [1.29, 1.82) is 0 Å². The van der Waals surface area contributed by atoms with E-state index in [4.69, 9.17) is 4.42 Å². The van der Waals surface area contributed by atoms with Crippen molar-refractivity contribution in [2.45, 2.75) is 20.4 Å². The van der Waals surface area contributed by atoms with Crippen LogP contribution < -0.4 is 5.32 Å². The van der Waals surface area contributed by atoms with E-state index in [-0.39, 0.29) is 12.5 Å². The molecule has 22 heavy (non-hydrogen) atoms. The summed E-state index contributed by atoms with van der Waals surface area (Å²) >= 11 is 0. The van der Waals surface area contributed by atoms with Crippen LogP contribution in [0, 0.1) is 13.8 Å². The van der Waals surface area contributed by atoms with Crippen LogP contribution in [0.25, 0.3) is 11.5 Å². The Labute approximate surface area is 127 Å². The molecule has 1 aromatic carbocycles. The first-order chi connectivity index (χ1) is 10.6. The van der Waals surface area contributed by atoms with E-state index in [0.717, 1.165) is 11.1 Å². The monoisotopic (exact) mass is 297 g/mol. The second kappa shape index (κ2) is 5.80. The summed E-state index contributed by atoms with van der Waals surface area (Å²) in [6.45, 7) is 3.82. The highest BCUT2D eigenvalue weighted by molar-refractivity contribution is 5.91. The Morgan fingerprint density at radius 2 is 2.18 bits per heavy atom. The number of benzene rings is 1. The fraction of sp³-hybridized carbons (Fsp3) is 0.200. The van der Waals surface area contributed by atoms with Gasteiger partial charge in [0.15, 0.2) is 0 Å². The van der Waals surface area contributed by atoms with Gasteiger partial charge < -0.3 is 9.73 Å². The molecule has 0 radical (unpaired) electrons. The van der Waals surface area contributed by atoms with Crippen molar-refractivity contribution in [1.82, 2.24) is 20.0 Å². The number of aromatic nitrogens is 4. The van der Waals surface area contributed by atoms with Crippen LogP contribution in [0.5, 0.6) is 0 Å². The van der Waals surface area contributed by atoms with Gasteiger partial charge in [0.25, 0.3) is 0 Å². The van der Waals surface area contributed by atoms with Gasteiger partial charge in [-0.2, -0.15) is 5.10 Å². The van der Waals surface area contributed by atoms with Crippen LogP contribution in [0.4, 0.5) is 5.69 Å². The summed E-state index contributed by atoms with van der Waals surface area (Å²) in [6.07, 6.45) is 3.53. The number of carbonyl (C=O) groups excluding carboxylic acids is 1. The van der Waals surface area contributed by atoms with Crippen molar-refractivity contribution in [3.8, 4) is 11.5 Å². The average Bonchev–Trinajstić information content (AvgIpc) is 3.08. The molecule has 0 saturated heterocycles. The third-order valence-electron chi connectivity index (χ3n) is 2.99. The molecule has 0 aliphatic carbocycles. The standard InChI is InChI=1S/C15H15N5O2/c1-10-7-16-20(8-10)9-14(21)17-13-5-3-4-12(6-13)15-19-18-11(2)22-15/h3-8H,9H2,1-2H3,(H,17,21). The number of nitrogens with one attached hydrogen (secondary N) is 1. The molecule has 7 nitrogen and oxygen atoms in total. The second-order valence-electron chi connectivity index (χ2n) is 4.97. The molecule has 2 aromatic heterocycles. The molecule has 3 aromatic rings. The Hall–Kier alpha value is -2.96. The van der Waals surface area contributed by atoms with Crippen molar-refractivity contribution in [3.05, 3.63) is 48.1 Å². The van der Waals surface area contributed by atoms with Crippen molar-refractivity contribution in [2.75, 3.05) is 5.32 Å². The first-order valence-corrected chi connectivity index (χ1v) is 6.79. The van der Waals surface area contributed by atoms with Gasteiger partial charge in [-0.1, -0.05) is 6.07 Å². The quantitative estimate of drug-likeness (QED) is 0.797. The number of nitrogens with zero attached hydrogens (tertiary/aromatic N) is 4. The Morgan fingerprint density at radius 3 is 2.86 bits per heavy atom.